The van der Waals surface area contributed by atoms with Crippen molar-refractivity contribution < 1.29 is 33.8 Å². The fourth-order valence-electron chi connectivity index (χ4n) is 2.39. The Bertz CT molecular complexity index is 945. The van der Waals surface area contributed by atoms with Crippen LogP contribution in [0.25, 0.3) is 0 Å². The van der Waals surface area contributed by atoms with Crippen molar-refractivity contribution in [2.45, 2.75) is 40.3 Å². The number of aliphatic carboxylic acids is 1. The van der Waals surface area contributed by atoms with Gasteiger partial charge in [0.1, 0.15) is 16.4 Å². The van der Waals surface area contributed by atoms with E-state index >= 15 is 0 Å². The highest BCUT2D eigenvalue weighted by Gasteiger charge is 2.28. The third-order valence-electron chi connectivity index (χ3n) is 3.55. The van der Waals surface area contributed by atoms with Crippen LogP contribution in [0, 0.1) is 6.92 Å². The average molecular weight is 423 g/mol. The van der Waals surface area contributed by atoms with Crippen LogP contribution in [0.2, 0.25) is 0 Å². The van der Waals surface area contributed by atoms with Crippen LogP contribution in [0.4, 0.5) is 5.00 Å². The summed E-state index contributed by atoms with van der Waals surface area (Å²) in [5.41, 5.74) is 0.356. The third kappa shape index (κ3) is 5.41. The molecule has 0 unspecified atom stereocenters. The van der Waals surface area contributed by atoms with Gasteiger partial charge < -0.3 is 19.9 Å². The number of carbonyl (C=O) groups excluding carboxylic acids is 3. The van der Waals surface area contributed by atoms with E-state index in [0.717, 1.165) is 16.0 Å². The van der Waals surface area contributed by atoms with E-state index in [1.807, 2.05) is 0 Å². The minimum absolute atomic E-state index is 0.0434. The Kier molecular flexibility index (Phi) is 7.10. The van der Waals surface area contributed by atoms with Crippen molar-refractivity contribution in [3.63, 3.8) is 0 Å². The Labute approximate surface area is 170 Å². The maximum atomic E-state index is 12.5. The normalized spacial score (nSPS) is 10.7. The first-order valence-electron chi connectivity index (χ1n) is 8.72. The van der Waals surface area contributed by atoms with Gasteiger partial charge in [-0.15, -0.1) is 11.3 Å². The van der Waals surface area contributed by atoms with Crippen molar-refractivity contribution in [3.8, 4) is 0 Å². The van der Waals surface area contributed by atoms with Gasteiger partial charge >= 0.3 is 17.9 Å². The first-order valence-corrected chi connectivity index (χ1v) is 9.53. The number of carboxylic acid groups (broad SMARTS) is 1. The fourth-order valence-corrected chi connectivity index (χ4v) is 3.47. The minimum Gasteiger partial charge on any atom is -0.480 e. The zero-order valence-corrected chi connectivity index (χ0v) is 17.2. The van der Waals surface area contributed by atoms with Crippen molar-refractivity contribution in [2.75, 3.05) is 11.9 Å². The molecule has 2 heterocycles. The molecule has 0 aliphatic rings. The number of thiophene rings is 1. The summed E-state index contributed by atoms with van der Waals surface area (Å²) in [6.45, 7) is 6.34. The predicted octanol–water partition coefficient (Wildman–Crippen LogP) is 2.33. The fraction of sp³-hybridized carbons (Fsp3) is 0.389. The standard InChI is InChI=1S/C18H21N3O7S/c1-5-27-18(26)14-10(4)13(17(25)28-9(2)3)16(29-14)19-15(24)11-6-7-21(20-11)8-12(22)23/h6-7,9H,5,8H2,1-4H3,(H,19,24)(H,22,23). The van der Waals surface area contributed by atoms with Gasteiger partial charge in [0.15, 0.2) is 5.69 Å². The van der Waals surface area contributed by atoms with Gasteiger partial charge in [-0.1, -0.05) is 0 Å². The van der Waals surface area contributed by atoms with Gasteiger partial charge in [0.05, 0.1) is 18.3 Å². The predicted molar refractivity (Wildman–Crippen MR) is 103 cm³/mol. The molecule has 0 radical (unpaired) electrons. The number of amides is 1. The number of rotatable bonds is 8. The zero-order valence-electron chi connectivity index (χ0n) is 16.3. The number of aromatic nitrogens is 2. The first kappa shape index (κ1) is 22.1. The van der Waals surface area contributed by atoms with Crippen molar-refractivity contribution in [2.24, 2.45) is 0 Å². The average Bonchev–Trinajstić information content (AvgIpc) is 3.18. The molecule has 10 nitrogen and oxygen atoms in total. The molecule has 2 rings (SSSR count). The molecule has 0 saturated carbocycles. The summed E-state index contributed by atoms with van der Waals surface area (Å²) in [4.78, 5) is 48.2. The van der Waals surface area contributed by atoms with Crippen LogP contribution in [0.1, 0.15) is 56.9 Å². The number of hydrogen-bond donors (Lipinski definition) is 2. The topological polar surface area (TPSA) is 137 Å². The summed E-state index contributed by atoms with van der Waals surface area (Å²) < 4.78 is 11.3. The highest BCUT2D eigenvalue weighted by molar-refractivity contribution is 7.18. The smallest absolute Gasteiger partial charge is 0.348 e. The van der Waals surface area contributed by atoms with E-state index in [0.29, 0.717) is 5.56 Å². The molecular formula is C18H21N3O7S. The molecule has 0 aromatic carbocycles. The summed E-state index contributed by atoms with van der Waals surface area (Å²) in [6.07, 6.45) is 0.948. The van der Waals surface area contributed by atoms with Gasteiger partial charge in [0, 0.05) is 6.20 Å². The molecule has 156 valence electrons. The second-order valence-corrected chi connectivity index (χ2v) is 7.20. The van der Waals surface area contributed by atoms with Crippen LogP contribution in [0.3, 0.4) is 0 Å². The van der Waals surface area contributed by atoms with E-state index in [4.69, 9.17) is 14.6 Å². The monoisotopic (exact) mass is 423 g/mol. The number of nitrogens with one attached hydrogen (secondary N) is 1. The molecule has 2 N–H and O–H groups in total. The van der Waals surface area contributed by atoms with Crippen molar-refractivity contribution in [1.29, 1.82) is 0 Å². The molecule has 0 saturated heterocycles. The van der Waals surface area contributed by atoms with Crippen LogP contribution in [-0.2, 0) is 20.8 Å². The number of ether oxygens (including phenoxy) is 2. The molecule has 0 aliphatic heterocycles. The van der Waals surface area contributed by atoms with E-state index in [2.05, 4.69) is 10.4 Å². The van der Waals surface area contributed by atoms with Crippen molar-refractivity contribution in [3.05, 3.63) is 34.0 Å². The van der Waals surface area contributed by atoms with Crippen molar-refractivity contribution >= 4 is 40.2 Å². The summed E-state index contributed by atoms with van der Waals surface area (Å²) in [5, 5.41) is 15.4. The Morgan fingerprint density at radius 2 is 1.97 bits per heavy atom. The van der Waals surface area contributed by atoms with Gasteiger partial charge in [-0.05, 0) is 39.3 Å². The summed E-state index contributed by atoms with van der Waals surface area (Å²) in [5.74, 6) is -3.06. The number of carboxylic acids is 1. The van der Waals surface area contributed by atoms with Gasteiger partial charge in [-0.25, -0.2) is 9.59 Å². The van der Waals surface area contributed by atoms with Crippen LogP contribution < -0.4 is 5.32 Å². The van der Waals surface area contributed by atoms with E-state index in [9.17, 15) is 19.2 Å². The maximum Gasteiger partial charge on any atom is 0.348 e. The Hall–Kier alpha value is -3.21. The zero-order chi connectivity index (χ0) is 21.7. The molecule has 2 aromatic rings. The molecule has 0 spiro atoms. The second kappa shape index (κ2) is 9.32. The van der Waals surface area contributed by atoms with E-state index in [1.54, 1.807) is 27.7 Å². The van der Waals surface area contributed by atoms with E-state index < -0.39 is 36.5 Å². The van der Waals surface area contributed by atoms with Crippen LogP contribution >= 0.6 is 11.3 Å². The lowest BCUT2D eigenvalue weighted by atomic mass is 10.1. The van der Waals surface area contributed by atoms with Crippen LogP contribution in [0.5, 0.6) is 0 Å². The molecule has 0 atom stereocenters. The van der Waals surface area contributed by atoms with Gasteiger partial charge in [0.2, 0.25) is 0 Å². The number of carbonyl (C=O) groups is 4. The summed E-state index contributed by atoms with van der Waals surface area (Å²) in [6, 6.07) is 1.34. The molecule has 0 fully saturated rings. The number of esters is 2. The highest BCUT2D eigenvalue weighted by Crippen LogP contribution is 2.34. The summed E-state index contributed by atoms with van der Waals surface area (Å²) >= 11 is 0.894. The lowest BCUT2D eigenvalue weighted by Gasteiger charge is -2.10. The number of nitrogens with zero attached hydrogens (tertiary/aromatic N) is 2. The molecule has 0 aliphatic carbocycles. The summed E-state index contributed by atoms with van der Waals surface area (Å²) in [7, 11) is 0. The number of anilines is 1. The molecule has 2 aromatic heterocycles. The number of hydrogen-bond acceptors (Lipinski definition) is 8. The molecule has 0 bridgehead atoms. The molecule has 29 heavy (non-hydrogen) atoms. The van der Waals surface area contributed by atoms with Gasteiger partial charge in [-0.2, -0.15) is 5.10 Å². The van der Waals surface area contributed by atoms with Crippen LogP contribution in [-0.4, -0.2) is 51.4 Å². The maximum absolute atomic E-state index is 12.5. The third-order valence-corrected chi connectivity index (χ3v) is 4.74. The largest absolute Gasteiger partial charge is 0.480 e. The van der Waals surface area contributed by atoms with Gasteiger partial charge in [0.25, 0.3) is 5.91 Å². The molecular weight excluding hydrogens is 402 g/mol. The highest BCUT2D eigenvalue weighted by atomic mass is 32.1. The Morgan fingerprint density at radius 1 is 1.28 bits per heavy atom. The van der Waals surface area contributed by atoms with Crippen molar-refractivity contribution in [1.82, 2.24) is 9.78 Å². The van der Waals surface area contributed by atoms with Crippen LogP contribution in [0.15, 0.2) is 12.3 Å². The van der Waals surface area contributed by atoms with E-state index in [-0.39, 0.29) is 27.7 Å². The SMILES string of the molecule is CCOC(=O)c1sc(NC(=O)c2ccn(CC(=O)O)n2)c(C(=O)OC(C)C)c1C. The Morgan fingerprint density at radius 3 is 2.55 bits per heavy atom. The minimum atomic E-state index is -1.10. The first-order chi connectivity index (χ1) is 13.6. The molecule has 1 amide bonds. The Balaban J connectivity index is 2.36. The molecule has 11 heteroatoms. The lowest BCUT2D eigenvalue weighted by molar-refractivity contribution is -0.137. The second-order valence-electron chi connectivity index (χ2n) is 6.18. The lowest BCUT2D eigenvalue weighted by Crippen LogP contribution is -2.18. The van der Waals surface area contributed by atoms with Gasteiger partial charge in [-0.3, -0.25) is 14.3 Å². The van der Waals surface area contributed by atoms with E-state index in [1.165, 1.54) is 12.3 Å². The quantitative estimate of drug-likeness (QED) is 0.617.